The summed E-state index contributed by atoms with van der Waals surface area (Å²) in [5.41, 5.74) is 5.84. The molecule has 0 radical (unpaired) electrons. The lowest BCUT2D eigenvalue weighted by Crippen LogP contribution is -2.16. The van der Waals surface area contributed by atoms with Crippen LogP contribution in [0.1, 0.15) is 11.5 Å². The van der Waals surface area contributed by atoms with Gasteiger partial charge in [0.1, 0.15) is 11.6 Å². The molecule has 1 aromatic heterocycles. The van der Waals surface area contributed by atoms with Gasteiger partial charge in [0.2, 0.25) is 0 Å². The molecule has 6 heteroatoms. The molecule has 3 N–H and O–H groups in total. The van der Waals surface area contributed by atoms with Gasteiger partial charge in [0.25, 0.3) is 5.56 Å². The smallest absolute Gasteiger partial charge is 0.251 e. The molecule has 0 saturated heterocycles. The van der Waals surface area contributed by atoms with E-state index in [0.29, 0.717) is 29.6 Å². The van der Waals surface area contributed by atoms with E-state index in [0.717, 1.165) is 5.75 Å². The van der Waals surface area contributed by atoms with Crippen LogP contribution < -0.4 is 16.0 Å². The van der Waals surface area contributed by atoms with Gasteiger partial charge in [-0.05, 0) is 24.3 Å². The standard InChI is InChI=1S/C13H14ClN3O2/c14-9-1-3-11(4-2-9)19-6-5-12-16-10(8-15)7-13(18)17-12/h1-4,7H,5-6,8,15H2,(H,16,17,18). The van der Waals surface area contributed by atoms with Gasteiger partial charge < -0.3 is 15.5 Å². The fourth-order valence-electron chi connectivity index (χ4n) is 1.58. The molecule has 0 unspecified atom stereocenters. The molecule has 0 fully saturated rings. The average molecular weight is 280 g/mol. The van der Waals surface area contributed by atoms with E-state index in [1.807, 2.05) is 0 Å². The van der Waals surface area contributed by atoms with Gasteiger partial charge in [-0.15, -0.1) is 0 Å². The van der Waals surface area contributed by atoms with Crippen LogP contribution in [-0.4, -0.2) is 16.6 Å². The van der Waals surface area contributed by atoms with Crippen LogP contribution in [0.15, 0.2) is 35.1 Å². The van der Waals surface area contributed by atoms with Crippen LogP contribution in [0.3, 0.4) is 0 Å². The number of nitrogens with zero attached hydrogens (tertiary/aromatic N) is 1. The van der Waals surface area contributed by atoms with Gasteiger partial charge in [0, 0.05) is 24.1 Å². The van der Waals surface area contributed by atoms with Crippen LogP contribution in [0.25, 0.3) is 0 Å². The van der Waals surface area contributed by atoms with E-state index in [9.17, 15) is 4.79 Å². The summed E-state index contributed by atoms with van der Waals surface area (Å²) in [6, 6.07) is 8.48. The first kappa shape index (κ1) is 13.6. The molecule has 19 heavy (non-hydrogen) atoms. The summed E-state index contributed by atoms with van der Waals surface area (Å²) in [4.78, 5) is 18.2. The molecule has 1 heterocycles. The maximum Gasteiger partial charge on any atom is 0.251 e. The molecule has 2 aromatic rings. The maximum absolute atomic E-state index is 11.3. The second-order valence-electron chi connectivity index (χ2n) is 3.94. The number of nitrogens with one attached hydrogen (secondary N) is 1. The second-order valence-corrected chi connectivity index (χ2v) is 4.38. The molecule has 0 aliphatic rings. The third-order valence-electron chi connectivity index (χ3n) is 2.47. The summed E-state index contributed by atoms with van der Waals surface area (Å²) < 4.78 is 5.53. The number of nitrogens with two attached hydrogens (primary N) is 1. The van der Waals surface area contributed by atoms with Crippen LogP contribution in [-0.2, 0) is 13.0 Å². The summed E-state index contributed by atoms with van der Waals surface area (Å²) in [5.74, 6) is 1.30. The summed E-state index contributed by atoms with van der Waals surface area (Å²) in [5, 5.41) is 0.661. The fourth-order valence-corrected chi connectivity index (χ4v) is 1.71. The van der Waals surface area contributed by atoms with E-state index in [1.165, 1.54) is 6.07 Å². The topological polar surface area (TPSA) is 81.0 Å². The van der Waals surface area contributed by atoms with E-state index < -0.39 is 0 Å². The van der Waals surface area contributed by atoms with Gasteiger partial charge >= 0.3 is 0 Å². The normalized spacial score (nSPS) is 10.4. The molecule has 0 spiro atoms. The average Bonchev–Trinajstić information content (AvgIpc) is 2.40. The van der Waals surface area contributed by atoms with Crippen LogP contribution in [0.5, 0.6) is 5.75 Å². The highest BCUT2D eigenvalue weighted by Crippen LogP contribution is 2.15. The highest BCUT2D eigenvalue weighted by molar-refractivity contribution is 6.30. The highest BCUT2D eigenvalue weighted by Gasteiger charge is 2.01. The first-order chi connectivity index (χ1) is 9.17. The maximum atomic E-state index is 11.3. The van der Waals surface area contributed by atoms with Crippen LogP contribution in [0.2, 0.25) is 5.02 Å². The monoisotopic (exact) mass is 279 g/mol. The van der Waals surface area contributed by atoms with Crippen LogP contribution in [0.4, 0.5) is 0 Å². The minimum atomic E-state index is -0.197. The molecule has 5 nitrogen and oxygen atoms in total. The number of H-pyrrole nitrogens is 1. The Labute approximate surface area is 115 Å². The number of ether oxygens (including phenoxy) is 1. The van der Waals surface area contributed by atoms with Gasteiger partial charge in [-0.25, -0.2) is 4.98 Å². The number of rotatable bonds is 5. The quantitative estimate of drug-likeness (QED) is 0.869. The molecule has 0 saturated carbocycles. The lowest BCUT2D eigenvalue weighted by molar-refractivity contribution is 0.318. The first-order valence-electron chi connectivity index (χ1n) is 5.85. The van der Waals surface area contributed by atoms with E-state index in [1.54, 1.807) is 24.3 Å². The largest absolute Gasteiger partial charge is 0.493 e. The number of hydrogen-bond donors (Lipinski definition) is 2. The number of halogens is 1. The van der Waals surface area contributed by atoms with Crippen LogP contribution >= 0.6 is 11.6 Å². The van der Waals surface area contributed by atoms with Crippen molar-refractivity contribution in [2.45, 2.75) is 13.0 Å². The minimum Gasteiger partial charge on any atom is -0.493 e. The zero-order chi connectivity index (χ0) is 13.7. The highest BCUT2D eigenvalue weighted by atomic mass is 35.5. The molecule has 0 aliphatic carbocycles. The molecule has 100 valence electrons. The second kappa shape index (κ2) is 6.36. The predicted octanol–water partition coefficient (Wildman–Crippen LogP) is 1.50. The van der Waals surface area contributed by atoms with Crippen molar-refractivity contribution in [2.24, 2.45) is 5.73 Å². The zero-order valence-electron chi connectivity index (χ0n) is 10.2. The summed E-state index contributed by atoms with van der Waals surface area (Å²) in [6.45, 7) is 0.660. The van der Waals surface area contributed by atoms with Gasteiger partial charge in [-0.2, -0.15) is 0 Å². The van der Waals surface area contributed by atoms with Crippen molar-refractivity contribution < 1.29 is 4.74 Å². The number of aromatic nitrogens is 2. The molecule has 2 rings (SSSR count). The third kappa shape index (κ3) is 4.08. The van der Waals surface area contributed by atoms with Crippen molar-refractivity contribution >= 4 is 11.6 Å². The zero-order valence-corrected chi connectivity index (χ0v) is 11.0. The van der Waals surface area contributed by atoms with Crippen molar-refractivity contribution in [3.05, 3.63) is 57.2 Å². The Balaban J connectivity index is 1.93. The summed E-state index contributed by atoms with van der Waals surface area (Å²) >= 11 is 5.78. The Morgan fingerprint density at radius 3 is 2.74 bits per heavy atom. The lowest BCUT2D eigenvalue weighted by atomic mass is 10.3. The van der Waals surface area contributed by atoms with Crippen molar-refractivity contribution in [1.82, 2.24) is 9.97 Å². The molecule has 0 aliphatic heterocycles. The van der Waals surface area contributed by atoms with Crippen molar-refractivity contribution in [1.29, 1.82) is 0 Å². The Bertz CT molecular complexity index is 596. The predicted molar refractivity (Wildman–Crippen MR) is 73.4 cm³/mol. The van der Waals surface area contributed by atoms with Gasteiger partial charge in [-0.3, -0.25) is 4.79 Å². The minimum absolute atomic E-state index is 0.197. The number of hydrogen-bond acceptors (Lipinski definition) is 4. The molecule has 0 bridgehead atoms. The molecule has 0 amide bonds. The Kier molecular flexibility index (Phi) is 4.54. The number of benzene rings is 1. The van der Waals surface area contributed by atoms with Crippen molar-refractivity contribution in [2.75, 3.05) is 6.61 Å². The Hall–Kier alpha value is -1.85. The van der Waals surface area contributed by atoms with E-state index in [-0.39, 0.29) is 12.1 Å². The number of aromatic amines is 1. The van der Waals surface area contributed by atoms with E-state index in [4.69, 9.17) is 22.1 Å². The third-order valence-corrected chi connectivity index (χ3v) is 2.73. The van der Waals surface area contributed by atoms with Gasteiger partial charge in [0.15, 0.2) is 0 Å². The lowest BCUT2D eigenvalue weighted by Gasteiger charge is -2.06. The Morgan fingerprint density at radius 2 is 2.05 bits per heavy atom. The van der Waals surface area contributed by atoms with E-state index >= 15 is 0 Å². The molecular formula is C13H14ClN3O2. The van der Waals surface area contributed by atoms with Crippen molar-refractivity contribution in [3.63, 3.8) is 0 Å². The molecule has 0 atom stereocenters. The van der Waals surface area contributed by atoms with Crippen LogP contribution in [0, 0.1) is 0 Å². The molecule has 1 aromatic carbocycles. The summed E-state index contributed by atoms with van der Waals surface area (Å²) in [6.07, 6.45) is 0.506. The molecular weight excluding hydrogens is 266 g/mol. The van der Waals surface area contributed by atoms with Crippen molar-refractivity contribution in [3.8, 4) is 5.75 Å². The SMILES string of the molecule is NCc1cc(=O)[nH]c(CCOc2ccc(Cl)cc2)n1. The summed E-state index contributed by atoms with van der Waals surface area (Å²) in [7, 11) is 0. The van der Waals surface area contributed by atoms with Gasteiger partial charge in [0.05, 0.1) is 12.3 Å². The van der Waals surface area contributed by atoms with Gasteiger partial charge in [-0.1, -0.05) is 11.6 Å². The first-order valence-corrected chi connectivity index (χ1v) is 6.23. The fraction of sp³-hybridized carbons (Fsp3) is 0.231. The van der Waals surface area contributed by atoms with E-state index in [2.05, 4.69) is 9.97 Å². The Morgan fingerprint density at radius 1 is 1.32 bits per heavy atom.